The lowest BCUT2D eigenvalue weighted by Gasteiger charge is -2.08. The van der Waals surface area contributed by atoms with Gasteiger partial charge in [-0.05, 0) is 59.9 Å². The Balaban J connectivity index is 1.80. The van der Waals surface area contributed by atoms with E-state index < -0.39 is 5.91 Å². The van der Waals surface area contributed by atoms with Gasteiger partial charge in [-0.15, -0.1) is 0 Å². The highest BCUT2D eigenvalue weighted by Crippen LogP contribution is 2.22. The predicted molar refractivity (Wildman–Crippen MR) is 96.5 cm³/mol. The average Bonchev–Trinajstić information content (AvgIpc) is 2.60. The van der Waals surface area contributed by atoms with Crippen LogP contribution in [0.4, 0.5) is 5.69 Å². The van der Waals surface area contributed by atoms with Crippen molar-refractivity contribution in [1.29, 1.82) is 0 Å². The first-order chi connectivity index (χ1) is 11.6. The second kappa shape index (κ2) is 6.96. The quantitative estimate of drug-likeness (QED) is 0.709. The zero-order chi connectivity index (χ0) is 16.9. The number of aryl methyl sites for hydroxylation is 2. The predicted octanol–water partition coefficient (Wildman–Crippen LogP) is 3.21. The molecular formula is C20H19N3O. The molecule has 0 aliphatic carbocycles. The first-order valence-electron chi connectivity index (χ1n) is 7.82. The number of benzene rings is 2. The molecule has 0 fully saturated rings. The number of hydrogen-bond acceptors (Lipinski definition) is 3. The standard InChI is InChI=1S/C20H19N3O/c21-17-6-3-5-15(12-17)16-10-11-23-18(13-16)9-8-14-4-1-2-7-19(14)20(22)24/h1-7,10-13H,8-9,21H2,(H2,22,24). The fourth-order valence-electron chi connectivity index (χ4n) is 2.75. The third-order valence-corrected chi connectivity index (χ3v) is 3.97. The van der Waals surface area contributed by atoms with E-state index in [-0.39, 0.29) is 0 Å². The fraction of sp³-hybridized carbons (Fsp3) is 0.100. The van der Waals surface area contributed by atoms with E-state index in [9.17, 15) is 4.79 Å². The largest absolute Gasteiger partial charge is 0.399 e. The van der Waals surface area contributed by atoms with Gasteiger partial charge in [-0.2, -0.15) is 0 Å². The highest BCUT2D eigenvalue weighted by Gasteiger charge is 2.08. The molecule has 120 valence electrons. The smallest absolute Gasteiger partial charge is 0.248 e. The molecule has 2 aromatic carbocycles. The maximum atomic E-state index is 11.5. The molecule has 0 spiro atoms. The lowest BCUT2D eigenvalue weighted by molar-refractivity contribution is 0.0999. The zero-order valence-corrected chi connectivity index (χ0v) is 13.3. The third kappa shape index (κ3) is 3.60. The van der Waals surface area contributed by atoms with Crippen molar-refractivity contribution in [1.82, 2.24) is 4.98 Å². The number of nitrogens with zero attached hydrogens (tertiary/aromatic N) is 1. The van der Waals surface area contributed by atoms with Gasteiger partial charge in [0.05, 0.1) is 0 Å². The fourth-order valence-corrected chi connectivity index (χ4v) is 2.75. The Bertz CT molecular complexity index is 874. The maximum absolute atomic E-state index is 11.5. The van der Waals surface area contributed by atoms with Gasteiger partial charge < -0.3 is 11.5 Å². The zero-order valence-electron chi connectivity index (χ0n) is 13.3. The molecule has 4 heteroatoms. The second-order valence-corrected chi connectivity index (χ2v) is 5.68. The summed E-state index contributed by atoms with van der Waals surface area (Å²) in [6.45, 7) is 0. The first kappa shape index (κ1) is 15.7. The summed E-state index contributed by atoms with van der Waals surface area (Å²) in [5.74, 6) is -0.396. The van der Waals surface area contributed by atoms with Crippen molar-refractivity contribution in [3.8, 4) is 11.1 Å². The average molecular weight is 317 g/mol. The van der Waals surface area contributed by atoms with Crippen molar-refractivity contribution in [2.45, 2.75) is 12.8 Å². The van der Waals surface area contributed by atoms with E-state index in [2.05, 4.69) is 11.1 Å². The summed E-state index contributed by atoms with van der Waals surface area (Å²) in [4.78, 5) is 15.9. The van der Waals surface area contributed by atoms with E-state index in [1.807, 2.05) is 48.5 Å². The number of primary amides is 1. The summed E-state index contributed by atoms with van der Waals surface area (Å²) < 4.78 is 0. The van der Waals surface area contributed by atoms with Crippen LogP contribution in [0.5, 0.6) is 0 Å². The normalized spacial score (nSPS) is 10.5. The Kier molecular flexibility index (Phi) is 4.57. The number of pyridine rings is 1. The molecule has 1 aromatic heterocycles. The molecule has 1 heterocycles. The molecule has 0 saturated heterocycles. The van der Waals surface area contributed by atoms with Crippen LogP contribution < -0.4 is 11.5 Å². The number of nitrogens with two attached hydrogens (primary N) is 2. The molecule has 4 nitrogen and oxygen atoms in total. The minimum absolute atomic E-state index is 0.396. The first-order valence-corrected chi connectivity index (χ1v) is 7.82. The Morgan fingerprint density at radius 2 is 1.71 bits per heavy atom. The monoisotopic (exact) mass is 317 g/mol. The number of carbonyl (C=O) groups is 1. The highest BCUT2D eigenvalue weighted by atomic mass is 16.1. The number of nitrogen functional groups attached to an aromatic ring is 1. The van der Waals surface area contributed by atoms with Crippen molar-refractivity contribution < 1.29 is 4.79 Å². The van der Waals surface area contributed by atoms with Crippen LogP contribution in [0.3, 0.4) is 0 Å². The van der Waals surface area contributed by atoms with E-state index in [0.717, 1.165) is 34.5 Å². The van der Waals surface area contributed by atoms with E-state index in [1.54, 1.807) is 12.3 Å². The molecule has 1 amide bonds. The van der Waals surface area contributed by atoms with Crippen molar-refractivity contribution in [3.05, 3.63) is 83.7 Å². The molecule has 4 N–H and O–H groups in total. The van der Waals surface area contributed by atoms with E-state index in [1.165, 1.54) is 0 Å². The van der Waals surface area contributed by atoms with Gasteiger partial charge in [-0.3, -0.25) is 9.78 Å². The van der Waals surface area contributed by atoms with Crippen LogP contribution in [0.15, 0.2) is 66.9 Å². The van der Waals surface area contributed by atoms with Gasteiger partial charge in [-0.25, -0.2) is 0 Å². The lowest BCUT2D eigenvalue weighted by atomic mass is 10.00. The van der Waals surface area contributed by atoms with Crippen LogP contribution in [0.2, 0.25) is 0 Å². The number of hydrogen-bond donors (Lipinski definition) is 2. The highest BCUT2D eigenvalue weighted by molar-refractivity contribution is 5.94. The molecule has 3 rings (SSSR count). The van der Waals surface area contributed by atoms with Crippen molar-refractivity contribution in [2.24, 2.45) is 5.73 Å². The summed E-state index contributed by atoms with van der Waals surface area (Å²) in [5, 5.41) is 0. The molecule has 0 aliphatic rings. The number of aromatic nitrogens is 1. The van der Waals surface area contributed by atoms with Crippen molar-refractivity contribution >= 4 is 11.6 Å². The molecule has 0 aliphatic heterocycles. The Hall–Kier alpha value is -3.14. The van der Waals surface area contributed by atoms with Gasteiger partial charge in [0.1, 0.15) is 0 Å². The Morgan fingerprint density at radius 3 is 2.50 bits per heavy atom. The van der Waals surface area contributed by atoms with Gasteiger partial charge in [-0.1, -0.05) is 30.3 Å². The topological polar surface area (TPSA) is 82.0 Å². The SMILES string of the molecule is NC(=O)c1ccccc1CCc1cc(-c2cccc(N)c2)ccn1. The summed E-state index contributed by atoms with van der Waals surface area (Å²) in [7, 11) is 0. The molecular weight excluding hydrogens is 298 g/mol. The van der Waals surface area contributed by atoms with Gasteiger partial charge >= 0.3 is 0 Å². The molecule has 0 bridgehead atoms. The van der Waals surface area contributed by atoms with Crippen molar-refractivity contribution in [2.75, 3.05) is 5.73 Å². The van der Waals surface area contributed by atoms with Crippen LogP contribution in [-0.4, -0.2) is 10.9 Å². The van der Waals surface area contributed by atoms with Crippen molar-refractivity contribution in [3.63, 3.8) is 0 Å². The molecule has 24 heavy (non-hydrogen) atoms. The number of amides is 1. The Labute approximate surface area is 141 Å². The molecule has 3 aromatic rings. The number of rotatable bonds is 5. The number of carbonyl (C=O) groups excluding carboxylic acids is 1. The van der Waals surface area contributed by atoms with Crippen LogP contribution in [0.1, 0.15) is 21.6 Å². The summed E-state index contributed by atoms with van der Waals surface area (Å²) in [5.41, 5.74) is 16.7. The molecule has 0 saturated carbocycles. The minimum Gasteiger partial charge on any atom is -0.399 e. The van der Waals surface area contributed by atoms with Crippen LogP contribution >= 0.6 is 0 Å². The van der Waals surface area contributed by atoms with E-state index in [4.69, 9.17) is 11.5 Å². The molecule has 0 radical (unpaired) electrons. The maximum Gasteiger partial charge on any atom is 0.248 e. The van der Waals surface area contributed by atoms with Crippen LogP contribution in [0.25, 0.3) is 11.1 Å². The van der Waals surface area contributed by atoms with Gasteiger partial charge in [0, 0.05) is 23.1 Å². The summed E-state index contributed by atoms with van der Waals surface area (Å²) >= 11 is 0. The summed E-state index contributed by atoms with van der Waals surface area (Å²) in [6, 6.07) is 19.2. The van der Waals surface area contributed by atoms with Gasteiger partial charge in [0.2, 0.25) is 5.91 Å². The number of anilines is 1. The van der Waals surface area contributed by atoms with Crippen LogP contribution in [-0.2, 0) is 12.8 Å². The minimum atomic E-state index is -0.396. The Morgan fingerprint density at radius 1 is 0.917 bits per heavy atom. The summed E-state index contributed by atoms with van der Waals surface area (Å²) in [6.07, 6.45) is 3.25. The van der Waals surface area contributed by atoms with Gasteiger partial charge in [0.25, 0.3) is 0 Å². The van der Waals surface area contributed by atoms with E-state index in [0.29, 0.717) is 12.0 Å². The van der Waals surface area contributed by atoms with Gasteiger partial charge in [0.15, 0.2) is 0 Å². The molecule has 0 unspecified atom stereocenters. The van der Waals surface area contributed by atoms with E-state index >= 15 is 0 Å². The lowest BCUT2D eigenvalue weighted by Crippen LogP contribution is -2.14. The third-order valence-electron chi connectivity index (χ3n) is 3.97. The second-order valence-electron chi connectivity index (χ2n) is 5.68. The molecule has 0 atom stereocenters. The van der Waals surface area contributed by atoms with Crippen LogP contribution in [0, 0.1) is 0 Å².